The minimum Gasteiger partial charge on any atom is -0.508 e. The van der Waals surface area contributed by atoms with E-state index in [2.05, 4.69) is 81.7 Å². The molecule has 4 aliphatic heterocycles. The normalized spacial score (nSPS) is 22.3. The minimum absolute atomic E-state index is 0.0118. The molecule has 1 aromatic heterocycles. The molecule has 2 saturated heterocycles. The number of carbonyl (C=O) groups is 1. The van der Waals surface area contributed by atoms with Gasteiger partial charge in [-0.25, -0.2) is 4.98 Å². The van der Waals surface area contributed by atoms with Crippen LogP contribution in [0.5, 0.6) is 5.75 Å². The van der Waals surface area contributed by atoms with Crippen molar-refractivity contribution in [2.24, 2.45) is 5.73 Å². The fourth-order valence-electron chi connectivity index (χ4n) is 7.53. The summed E-state index contributed by atoms with van der Waals surface area (Å²) in [6.45, 7) is 10.0. The van der Waals surface area contributed by atoms with E-state index >= 15 is 0 Å². The Hall–Kier alpha value is -4.95. The molecule has 7 rings (SSSR count). The predicted octanol–water partition coefficient (Wildman–Crippen LogP) is 6.31. The average molecular weight is 642 g/mol. The van der Waals surface area contributed by atoms with E-state index in [-0.39, 0.29) is 23.5 Å². The molecular formula is C40H45N6O2+. The van der Waals surface area contributed by atoms with Gasteiger partial charge in [-0.3, -0.25) is 9.69 Å². The lowest BCUT2D eigenvalue weighted by Crippen LogP contribution is -2.46. The summed E-state index contributed by atoms with van der Waals surface area (Å²) in [6.07, 6.45) is 15.2. The van der Waals surface area contributed by atoms with Crippen LogP contribution in [-0.2, 0) is 4.79 Å². The number of anilines is 1. The largest absolute Gasteiger partial charge is 0.508 e. The Labute approximate surface area is 283 Å². The summed E-state index contributed by atoms with van der Waals surface area (Å²) >= 11 is 0. The van der Waals surface area contributed by atoms with Crippen LogP contribution in [0.4, 0.5) is 11.4 Å². The van der Waals surface area contributed by atoms with Crippen LogP contribution in [0.3, 0.4) is 0 Å². The third kappa shape index (κ3) is 6.58. The number of nitrogens with zero attached hydrogens (tertiary/aromatic N) is 4. The number of aromatic hydroxyl groups is 1. The molecule has 1 amide bonds. The number of allylic oxidation sites excluding steroid dienone is 3. The molecule has 0 spiro atoms. The maximum atomic E-state index is 12.4. The van der Waals surface area contributed by atoms with Gasteiger partial charge in [0.05, 0.1) is 17.8 Å². The van der Waals surface area contributed by atoms with E-state index in [1.807, 2.05) is 36.7 Å². The molecule has 0 radical (unpaired) electrons. The molecule has 2 unspecified atom stereocenters. The Morgan fingerprint density at radius 2 is 1.83 bits per heavy atom. The van der Waals surface area contributed by atoms with Crippen molar-refractivity contribution in [2.75, 3.05) is 31.1 Å². The van der Waals surface area contributed by atoms with Crippen LogP contribution in [-0.4, -0.2) is 63.9 Å². The van der Waals surface area contributed by atoms with E-state index in [9.17, 15) is 9.90 Å². The summed E-state index contributed by atoms with van der Waals surface area (Å²) in [5.74, 6) is 0.258. The van der Waals surface area contributed by atoms with Crippen molar-refractivity contribution in [3.63, 3.8) is 0 Å². The number of nitrogens with two attached hydrogens (primary N) is 1. The first-order chi connectivity index (χ1) is 23.3. The lowest BCUT2D eigenvalue weighted by atomic mass is 9.89. The molecule has 0 saturated carbocycles. The molecule has 4 aliphatic rings. The minimum atomic E-state index is -0.0817. The maximum Gasteiger partial charge on any atom is 0.231 e. The quantitative estimate of drug-likeness (QED) is 0.262. The fraction of sp³-hybridized carbons (Fsp3) is 0.325. The Balaban J connectivity index is 0.932. The molecule has 0 aliphatic carbocycles. The Bertz CT molecular complexity index is 1810. The Kier molecular flexibility index (Phi) is 9.00. The molecule has 8 heteroatoms. The van der Waals surface area contributed by atoms with Crippen LogP contribution >= 0.6 is 0 Å². The van der Waals surface area contributed by atoms with Crippen LogP contribution < -0.4 is 16.0 Å². The van der Waals surface area contributed by atoms with Crippen molar-refractivity contribution in [3.05, 3.63) is 126 Å². The SMILES string of the molecule is C=C1CCC(c2ccc(N3CCC(N4CC=C(c5ccc([N+]6=CC=C(N)/C6=C\C(C)c6ccccc6O)cn5)CC4)CC3)cc2)C(=O)N1. The Morgan fingerprint density at radius 1 is 1.04 bits per heavy atom. The third-order valence-corrected chi connectivity index (χ3v) is 10.4. The molecule has 0 bridgehead atoms. The highest BCUT2D eigenvalue weighted by Crippen LogP contribution is 2.33. The van der Waals surface area contributed by atoms with E-state index in [0.29, 0.717) is 11.7 Å². The third-order valence-electron chi connectivity index (χ3n) is 10.4. The number of phenolic OH excluding ortho intramolecular Hbond substituents is 1. The number of piperidine rings is 2. The lowest BCUT2D eigenvalue weighted by molar-refractivity contribution is -0.370. The van der Waals surface area contributed by atoms with Crippen molar-refractivity contribution in [2.45, 2.75) is 56.9 Å². The van der Waals surface area contributed by atoms with Crippen LogP contribution in [0.1, 0.15) is 67.7 Å². The summed E-state index contributed by atoms with van der Waals surface area (Å²) in [5, 5.41) is 13.2. The second-order valence-electron chi connectivity index (χ2n) is 13.4. The van der Waals surface area contributed by atoms with Gasteiger partial charge >= 0.3 is 0 Å². The fourth-order valence-corrected chi connectivity index (χ4v) is 7.53. The van der Waals surface area contributed by atoms with Crippen molar-refractivity contribution in [1.82, 2.24) is 15.2 Å². The van der Waals surface area contributed by atoms with Gasteiger partial charge in [0.15, 0.2) is 6.21 Å². The summed E-state index contributed by atoms with van der Waals surface area (Å²) in [7, 11) is 0. The molecule has 2 fully saturated rings. The first-order valence-electron chi connectivity index (χ1n) is 17.2. The smallest absolute Gasteiger partial charge is 0.231 e. The van der Waals surface area contributed by atoms with E-state index in [0.717, 1.165) is 92.2 Å². The van der Waals surface area contributed by atoms with Crippen LogP contribution in [0.2, 0.25) is 0 Å². The van der Waals surface area contributed by atoms with Crippen LogP contribution in [0, 0.1) is 0 Å². The number of phenols is 1. The highest BCUT2D eigenvalue weighted by molar-refractivity contribution is 5.86. The number of rotatable bonds is 7. The number of carbonyl (C=O) groups excluding carboxylic acids is 1. The zero-order valence-electron chi connectivity index (χ0n) is 27.7. The van der Waals surface area contributed by atoms with Gasteiger partial charge in [0, 0.05) is 67.2 Å². The first-order valence-corrected chi connectivity index (χ1v) is 17.2. The molecule has 3 aromatic rings. The van der Waals surface area contributed by atoms with E-state index < -0.39 is 0 Å². The van der Waals surface area contributed by atoms with Crippen LogP contribution in [0.15, 0.2) is 109 Å². The summed E-state index contributed by atoms with van der Waals surface area (Å²) in [4.78, 5) is 22.4. The number of hydrogen-bond donors (Lipinski definition) is 3. The second kappa shape index (κ2) is 13.6. The van der Waals surface area contributed by atoms with Gasteiger partial charge < -0.3 is 21.1 Å². The summed E-state index contributed by atoms with van der Waals surface area (Å²) < 4.78 is 2.06. The number of pyridine rings is 1. The van der Waals surface area contributed by atoms with Crippen molar-refractivity contribution < 1.29 is 14.5 Å². The highest BCUT2D eigenvalue weighted by atomic mass is 16.3. The van der Waals surface area contributed by atoms with Crippen LogP contribution in [0.25, 0.3) is 5.57 Å². The predicted molar refractivity (Wildman–Crippen MR) is 192 cm³/mol. The molecule has 2 aromatic carbocycles. The van der Waals surface area contributed by atoms with Gasteiger partial charge in [0.1, 0.15) is 11.4 Å². The molecule has 246 valence electrons. The molecule has 48 heavy (non-hydrogen) atoms. The van der Waals surface area contributed by atoms with E-state index in [1.54, 1.807) is 6.07 Å². The van der Waals surface area contributed by atoms with Gasteiger partial charge in [0.25, 0.3) is 0 Å². The number of nitrogens with one attached hydrogen (secondary N) is 1. The standard InChI is InChI=1S/C40H44N6O2/c1-27(34-5-3-4-6-39(34)47)25-38-36(41)19-24-46(38)33-12-14-37(42-26-33)30-15-20-44(21-16-30)32-17-22-45(23-18-32)31-10-8-29(9-11-31)35-13-7-28(2)43-40(35)48/h3-6,8-12,14-15,19,24-27,32,35,41H,2,7,13,16-18,20-23H2,1H3,(H2,43,47,48)/p+1/b38-25+. The van der Waals surface area contributed by atoms with Gasteiger partial charge in [-0.15, -0.1) is 0 Å². The van der Waals surface area contributed by atoms with E-state index in [1.165, 1.54) is 11.3 Å². The topological polar surface area (TPSA) is 97.7 Å². The molecule has 4 N–H and O–H groups in total. The van der Waals surface area contributed by atoms with Crippen molar-refractivity contribution >= 4 is 29.1 Å². The first kappa shape index (κ1) is 31.6. The Morgan fingerprint density at radius 3 is 2.52 bits per heavy atom. The number of amides is 1. The van der Waals surface area contributed by atoms with Gasteiger partial charge in [0.2, 0.25) is 17.3 Å². The maximum absolute atomic E-state index is 12.4. The van der Waals surface area contributed by atoms with Crippen molar-refractivity contribution in [1.29, 1.82) is 0 Å². The zero-order valence-corrected chi connectivity index (χ0v) is 27.7. The van der Waals surface area contributed by atoms with Crippen molar-refractivity contribution in [3.8, 4) is 5.75 Å². The number of hydrogen-bond acceptors (Lipinski definition) is 6. The average Bonchev–Trinajstić information content (AvgIpc) is 3.48. The van der Waals surface area contributed by atoms with Gasteiger partial charge in [-0.1, -0.05) is 49.9 Å². The zero-order chi connectivity index (χ0) is 33.2. The molecule has 2 atom stereocenters. The van der Waals surface area contributed by atoms with Gasteiger partial charge in [-0.2, -0.15) is 4.58 Å². The molecule has 8 nitrogen and oxygen atoms in total. The number of para-hydroxylation sites is 1. The lowest BCUT2D eigenvalue weighted by Gasteiger charge is -2.40. The second-order valence-corrected chi connectivity index (χ2v) is 13.4. The number of benzene rings is 2. The van der Waals surface area contributed by atoms with E-state index in [4.69, 9.17) is 10.7 Å². The summed E-state index contributed by atoms with van der Waals surface area (Å²) in [5.41, 5.74) is 15.3. The molecule has 5 heterocycles. The number of aromatic nitrogens is 1. The monoisotopic (exact) mass is 641 g/mol. The highest BCUT2D eigenvalue weighted by Gasteiger charge is 2.29. The summed E-state index contributed by atoms with van der Waals surface area (Å²) in [6, 6.07) is 20.9. The molecular weight excluding hydrogens is 596 g/mol. The van der Waals surface area contributed by atoms with Gasteiger partial charge in [-0.05, 0) is 73.6 Å².